The summed E-state index contributed by atoms with van der Waals surface area (Å²) >= 11 is 6.44. The van der Waals surface area contributed by atoms with Gasteiger partial charge in [-0.05, 0) is 97.7 Å². The second-order valence-electron chi connectivity index (χ2n) is 15.9. The molecule has 3 amide bonds. The van der Waals surface area contributed by atoms with Crippen LogP contribution in [0.5, 0.6) is 5.75 Å². The fourth-order valence-corrected chi connectivity index (χ4v) is 11.2. The number of nitrogens with one attached hydrogen (secondary N) is 1. The number of anilines is 1. The van der Waals surface area contributed by atoms with Crippen molar-refractivity contribution in [2.45, 2.75) is 69.3 Å². The molecule has 1 unspecified atom stereocenters. The van der Waals surface area contributed by atoms with E-state index in [0.717, 1.165) is 49.4 Å². The van der Waals surface area contributed by atoms with Gasteiger partial charge in [-0.25, -0.2) is 17.8 Å². The van der Waals surface area contributed by atoms with Gasteiger partial charge in [0, 0.05) is 55.7 Å². The molecule has 3 aliphatic carbocycles. The van der Waals surface area contributed by atoms with E-state index in [1.54, 1.807) is 25.3 Å². The number of ether oxygens (including phenoxy) is 2. The molecule has 2 aromatic carbocycles. The fraction of sp³-hybridized carbons (Fsp3) is 0.579. The number of likely N-dealkylation sites (tertiary alicyclic amines) is 1. The monoisotopic (exact) mass is 742 g/mol. The van der Waals surface area contributed by atoms with Crippen LogP contribution in [0, 0.1) is 23.2 Å². The second kappa shape index (κ2) is 12.7. The molecule has 6 atom stereocenters. The van der Waals surface area contributed by atoms with E-state index in [-0.39, 0.29) is 48.3 Å². The number of amides is 3. The highest BCUT2D eigenvalue weighted by Gasteiger charge is 2.76. The summed E-state index contributed by atoms with van der Waals surface area (Å²) in [6, 6.07) is 10.6. The molecule has 3 fully saturated rings. The van der Waals surface area contributed by atoms with Crippen molar-refractivity contribution < 1.29 is 32.1 Å². The van der Waals surface area contributed by atoms with Gasteiger partial charge in [-0.3, -0.25) is 9.52 Å². The molecule has 0 radical (unpaired) electrons. The summed E-state index contributed by atoms with van der Waals surface area (Å²) in [5.74, 6) is -2.48. The van der Waals surface area contributed by atoms with Crippen LogP contribution in [0.25, 0.3) is 0 Å². The number of benzene rings is 2. The van der Waals surface area contributed by atoms with E-state index in [9.17, 15) is 22.6 Å². The maximum absolute atomic E-state index is 14.4. The SMILES string of the molecule is CO[C@H]1/C=C\C[C@H](C)CS(=O)(NC(=O)N2CC3(C2)CC3(F)F)=NC(=O)c2ccc3c(c2)N(C[C@@H]2CC[C@H]21)C[C@@]1(CCCc2cc(Cl)ccc21)CO3. The largest absolute Gasteiger partial charge is 0.490 e. The molecule has 6 aliphatic rings. The second-order valence-corrected chi connectivity index (χ2v) is 18.3. The average molecular weight is 743 g/mol. The lowest BCUT2D eigenvalue weighted by molar-refractivity contribution is -0.00404. The van der Waals surface area contributed by atoms with Crippen LogP contribution in [0.2, 0.25) is 5.02 Å². The molecule has 2 spiro atoms. The maximum Gasteiger partial charge on any atom is 0.329 e. The first-order valence-corrected chi connectivity index (χ1v) is 20.1. The molecule has 51 heavy (non-hydrogen) atoms. The third-order valence-corrected chi connectivity index (χ3v) is 14.5. The number of allylic oxidation sites excluding steroid dienone is 1. The smallest absolute Gasteiger partial charge is 0.329 e. The average Bonchev–Trinajstić information content (AvgIpc) is 3.68. The van der Waals surface area contributed by atoms with E-state index >= 15 is 0 Å². The van der Waals surface area contributed by atoms with Crippen LogP contribution >= 0.6 is 11.6 Å². The Bertz CT molecular complexity index is 1910. The number of fused-ring (bicyclic) bond motifs is 4. The number of alkyl halides is 2. The Balaban J connectivity index is 1.16. The third kappa shape index (κ3) is 6.33. The van der Waals surface area contributed by atoms with Crippen molar-refractivity contribution in [1.29, 1.82) is 0 Å². The zero-order valence-corrected chi connectivity index (χ0v) is 30.6. The van der Waals surface area contributed by atoms with Gasteiger partial charge >= 0.3 is 6.03 Å². The van der Waals surface area contributed by atoms with Crippen molar-refractivity contribution in [1.82, 2.24) is 9.62 Å². The topological polar surface area (TPSA) is 101 Å². The summed E-state index contributed by atoms with van der Waals surface area (Å²) in [5, 5.41) is 0.719. The van der Waals surface area contributed by atoms with Gasteiger partial charge in [0.25, 0.3) is 11.8 Å². The van der Waals surface area contributed by atoms with E-state index in [4.69, 9.17) is 21.1 Å². The molecule has 274 valence electrons. The van der Waals surface area contributed by atoms with Crippen LogP contribution in [0.15, 0.2) is 52.9 Å². The van der Waals surface area contributed by atoms with Crippen LogP contribution in [0.1, 0.15) is 66.9 Å². The highest BCUT2D eigenvalue weighted by molar-refractivity contribution is 7.92. The molecular weight excluding hydrogens is 698 g/mol. The first kappa shape index (κ1) is 34.8. The summed E-state index contributed by atoms with van der Waals surface area (Å²) in [7, 11) is -1.90. The zero-order valence-electron chi connectivity index (χ0n) is 29.0. The first-order valence-electron chi connectivity index (χ1n) is 18.1. The Hall–Kier alpha value is -3.22. The van der Waals surface area contributed by atoms with Crippen LogP contribution in [0.4, 0.5) is 19.3 Å². The molecule has 2 bridgehead atoms. The van der Waals surface area contributed by atoms with E-state index in [1.807, 2.05) is 19.1 Å². The summed E-state index contributed by atoms with van der Waals surface area (Å²) in [4.78, 5) is 30.7. The zero-order chi connectivity index (χ0) is 35.8. The first-order chi connectivity index (χ1) is 24.3. The third-order valence-electron chi connectivity index (χ3n) is 12.2. The maximum atomic E-state index is 14.4. The molecule has 3 aliphatic heterocycles. The van der Waals surface area contributed by atoms with E-state index < -0.39 is 33.2 Å². The van der Waals surface area contributed by atoms with Gasteiger partial charge in [-0.15, -0.1) is 4.36 Å². The van der Waals surface area contributed by atoms with Gasteiger partial charge < -0.3 is 19.3 Å². The van der Waals surface area contributed by atoms with Crippen molar-refractivity contribution in [3.05, 3.63) is 70.3 Å². The van der Waals surface area contributed by atoms with E-state index in [2.05, 4.69) is 32.2 Å². The molecular formula is C38H45ClF2N4O5S. The molecule has 13 heteroatoms. The lowest BCUT2D eigenvalue weighted by atomic mass is 9.68. The fourth-order valence-electron chi connectivity index (χ4n) is 9.12. The van der Waals surface area contributed by atoms with Crippen molar-refractivity contribution >= 4 is 39.1 Å². The quantitative estimate of drug-likeness (QED) is 0.332. The van der Waals surface area contributed by atoms with Crippen LogP contribution in [0.3, 0.4) is 0 Å². The van der Waals surface area contributed by atoms with Crippen molar-refractivity contribution in [3.63, 3.8) is 0 Å². The number of halogens is 3. The highest BCUT2D eigenvalue weighted by atomic mass is 35.5. The lowest BCUT2D eigenvalue weighted by Gasteiger charge is -2.46. The van der Waals surface area contributed by atoms with Gasteiger partial charge in [0.1, 0.15) is 15.7 Å². The summed E-state index contributed by atoms with van der Waals surface area (Å²) in [6.45, 7) is 3.55. The molecule has 8 rings (SSSR count). The van der Waals surface area contributed by atoms with Crippen molar-refractivity contribution in [2.24, 2.45) is 27.5 Å². The van der Waals surface area contributed by atoms with Crippen LogP contribution in [-0.2, 0) is 26.5 Å². The number of hydrogen-bond acceptors (Lipinski definition) is 6. The predicted molar refractivity (Wildman–Crippen MR) is 192 cm³/mol. The molecule has 1 saturated heterocycles. The van der Waals surface area contributed by atoms with Crippen LogP contribution in [-0.4, -0.2) is 78.7 Å². The van der Waals surface area contributed by atoms with Gasteiger partial charge in [-0.1, -0.05) is 36.7 Å². The van der Waals surface area contributed by atoms with Gasteiger partial charge in [-0.2, -0.15) is 0 Å². The van der Waals surface area contributed by atoms with E-state index in [0.29, 0.717) is 37.2 Å². The number of nitrogens with zero attached hydrogens (tertiary/aromatic N) is 3. The number of rotatable bonds is 2. The molecule has 3 heterocycles. The van der Waals surface area contributed by atoms with Gasteiger partial charge in [0.2, 0.25) is 0 Å². The Labute approximate surface area is 303 Å². The summed E-state index contributed by atoms with van der Waals surface area (Å²) in [6.07, 6.45) is 9.29. The minimum Gasteiger partial charge on any atom is -0.490 e. The summed E-state index contributed by atoms with van der Waals surface area (Å²) in [5.41, 5.74) is 2.02. The van der Waals surface area contributed by atoms with Gasteiger partial charge in [0.05, 0.1) is 29.6 Å². The number of urea groups is 1. The summed E-state index contributed by atoms with van der Waals surface area (Å²) < 4.78 is 61.5. The number of aryl methyl sites for hydroxylation is 1. The Morgan fingerprint density at radius 2 is 1.96 bits per heavy atom. The normalized spacial score (nSPS) is 34.1. The van der Waals surface area contributed by atoms with Crippen molar-refractivity contribution in [2.75, 3.05) is 50.5 Å². The minimum atomic E-state index is -3.63. The minimum absolute atomic E-state index is 0.0835. The molecule has 9 nitrogen and oxygen atoms in total. The van der Waals surface area contributed by atoms with E-state index in [1.165, 1.54) is 16.0 Å². The molecule has 1 N–H and O–H groups in total. The molecule has 2 aromatic rings. The highest BCUT2D eigenvalue weighted by Crippen LogP contribution is 2.65. The van der Waals surface area contributed by atoms with Gasteiger partial charge in [0.15, 0.2) is 0 Å². The number of methoxy groups -OCH3 is 1. The number of carbonyl (C=O) groups is 2. The molecule has 0 aromatic heterocycles. The standard InChI is InChI=1S/C38H45ClF2N4O5S/c1-24-5-3-7-32(49-2)29-11-8-27(29)17-44-20-36(14-4-6-25-15-28(39)10-12-30(25)36)23-50-33-13-9-26(16-31(33)44)34(46)42-51(48,18-24)43-35(47)45-21-37(22-45)19-38(37,40)41/h3,7,9-10,12-13,15-16,24,27,29,32H,4-6,8,11,14,17-23H2,1-2H3,(H,42,43,46,47,48)/b7-3-/t24-,27-,29+,32-,36-,51?/m0/s1. The number of hydrogen-bond donors (Lipinski definition) is 1. The van der Waals surface area contributed by atoms with Crippen LogP contribution < -0.4 is 14.4 Å². The lowest BCUT2D eigenvalue weighted by Crippen LogP contribution is -2.58. The Morgan fingerprint density at radius 3 is 2.69 bits per heavy atom. The van der Waals surface area contributed by atoms with Crippen molar-refractivity contribution in [3.8, 4) is 5.75 Å². The Kier molecular flexibility index (Phi) is 8.69. The predicted octanol–water partition coefficient (Wildman–Crippen LogP) is 7.02. The molecule has 2 saturated carbocycles. The number of carbonyl (C=O) groups excluding carboxylic acids is 2. The Morgan fingerprint density at radius 1 is 1.16 bits per heavy atom.